The second kappa shape index (κ2) is 10.9. The molecular formula is C28H30Cl2N2O4S. The van der Waals surface area contributed by atoms with E-state index >= 15 is 0 Å². The van der Waals surface area contributed by atoms with Gasteiger partial charge in [0, 0.05) is 17.5 Å². The zero-order valence-corrected chi connectivity index (χ0v) is 23.3. The summed E-state index contributed by atoms with van der Waals surface area (Å²) in [6.07, 6.45) is 3.48. The van der Waals surface area contributed by atoms with Crippen LogP contribution in [0.2, 0.25) is 10.0 Å². The number of nitrogens with zero attached hydrogens (tertiary/aromatic N) is 1. The Bertz CT molecular complexity index is 1390. The Labute approximate surface area is 228 Å². The van der Waals surface area contributed by atoms with Gasteiger partial charge < -0.3 is 10.1 Å². The molecule has 6 nitrogen and oxygen atoms in total. The predicted molar refractivity (Wildman–Crippen MR) is 149 cm³/mol. The van der Waals surface area contributed by atoms with Crippen molar-refractivity contribution >= 4 is 44.8 Å². The fraction of sp³-hybridized carbons (Fsp3) is 0.321. The Morgan fingerprint density at radius 1 is 1.03 bits per heavy atom. The average molecular weight is 562 g/mol. The summed E-state index contributed by atoms with van der Waals surface area (Å²) < 4.78 is 32.6. The molecule has 3 aromatic rings. The van der Waals surface area contributed by atoms with Crippen molar-refractivity contribution in [2.75, 3.05) is 10.6 Å². The minimum Gasteiger partial charge on any atom is -0.487 e. The summed E-state index contributed by atoms with van der Waals surface area (Å²) in [5.74, 6) is 0.603. The number of nitrogens with one attached hydrogen (secondary N) is 1. The third kappa shape index (κ3) is 5.89. The van der Waals surface area contributed by atoms with Crippen molar-refractivity contribution in [1.29, 1.82) is 0 Å². The first-order chi connectivity index (χ1) is 17.6. The lowest BCUT2D eigenvalue weighted by molar-refractivity contribution is 0.0227. The highest BCUT2D eigenvalue weighted by atomic mass is 35.5. The molecule has 0 aromatic heterocycles. The van der Waals surface area contributed by atoms with E-state index in [0.717, 1.165) is 30.4 Å². The zero-order valence-electron chi connectivity index (χ0n) is 21.0. The van der Waals surface area contributed by atoms with Crippen LogP contribution in [0.15, 0.2) is 66.7 Å². The lowest BCUT2D eigenvalue weighted by atomic mass is 9.83. The highest BCUT2D eigenvalue weighted by Gasteiger charge is 2.39. The van der Waals surface area contributed by atoms with Crippen LogP contribution in [-0.2, 0) is 16.6 Å². The monoisotopic (exact) mass is 560 g/mol. The number of rotatable bonds is 8. The van der Waals surface area contributed by atoms with Gasteiger partial charge in [-0.05, 0) is 48.7 Å². The zero-order chi connectivity index (χ0) is 26.8. The van der Waals surface area contributed by atoms with E-state index in [1.165, 1.54) is 4.31 Å². The molecule has 37 heavy (non-hydrogen) atoms. The number of anilines is 1. The quantitative estimate of drug-likeness (QED) is 0.329. The summed E-state index contributed by atoms with van der Waals surface area (Å²) >= 11 is 12.4. The molecule has 3 aromatic carbocycles. The van der Waals surface area contributed by atoms with Crippen LogP contribution in [0.3, 0.4) is 0 Å². The summed E-state index contributed by atoms with van der Waals surface area (Å²) in [7, 11) is -3.65. The molecule has 1 N–H and O–H groups in total. The number of hydrogen-bond acceptors (Lipinski definition) is 4. The minimum atomic E-state index is -3.65. The van der Waals surface area contributed by atoms with Crippen LogP contribution in [0.4, 0.5) is 5.69 Å². The van der Waals surface area contributed by atoms with Crippen LogP contribution < -0.4 is 14.4 Å². The first kappa shape index (κ1) is 27.3. The Morgan fingerprint density at radius 3 is 2.35 bits per heavy atom. The molecule has 1 atom stereocenters. The van der Waals surface area contributed by atoms with Crippen LogP contribution in [0.1, 0.15) is 60.6 Å². The molecule has 0 bridgehead atoms. The fourth-order valence-corrected chi connectivity index (χ4v) is 6.01. The van der Waals surface area contributed by atoms with Gasteiger partial charge in [0.2, 0.25) is 10.0 Å². The molecule has 0 aliphatic carbocycles. The third-order valence-corrected chi connectivity index (χ3v) is 8.87. The lowest BCUT2D eigenvalue weighted by Crippen LogP contribution is -2.44. The SMILES string of the molecule is CCC1(CC)C[C@@H](NC(=O)c2ccc(CN(c3cccc(Cl)c3Cl)S(C)(=O)=O)cc2)c2ccccc2O1. The molecule has 196 valence electrons. The van der Waals surface area contributed by atoms with Crippen LogP contribution in [0.25, 0.3) is 0 Å². The molecule has 0 fully saturated rings. The number of sulfonamides is 1. The van der Waals surface area contributed by atoms with E-state index in [1.807, 2.05) is 24.3 Å². The first-order valence-electron chi connectivity index (χ1n) is 12.2. The highest BCUT2D eigenvalue weighted by molar-refractivity contribution is 7.92. The molecule has 1 aliphatic rings. The lowest BCUT2D eigenvalue weighted by Gasteiger charge is -2.41. The number of halogens is 2. The van der Waals surface area contributed by atoms with Gasteiger partial charge in [-0.1, -0.05) is 73.4 Å². The number of carbonyl (C=O) groups excluding carboxylic acids is 1. The second-order valence-electron chi connectivity index (χ2n) is 9.30. The second-order valence-corrected chi connectivity index (χ2v) is 12.0. The molecule has 1 amide bonds. The molecule has 9 heteroatoms. The van der Waals surface area contributed by atoms with Gasteiger partial charge in [-0.3, -0.25) is 9.10 Å². The van der Waals surface area contributed by atoms with Crippen LogP contribution in [0.5, 0.6) is 5.75 Å². The van der Waals surface area contributed by atoms with E-state index in [9.17, 15) is 13.2 Å². The average Bonchev–Trinajstić information content (AvgIpc) is 2.88. The van der Waals surface area contributed by atoms with Crippen molar-refractivity contribution in [2.45, 2.75) is 51.3 Å². The highest BCUT2D eigenvalue weighted by Crippen LogP contribution is 2.42. The number of amides is 1. The summed E-state index contributed by atoms with van der Waals surface area (Å²) in [6, 6.07) is 19.4. The van der Waals surface area contributed by atoms with Gasteiger partial charge in [-0.15, -0.1) is 0 Å². The van der Waals surface area contributed by atoms with Crippen LogP contribution in [-0.4, -0.2) is 26.2 Å². The van der Waals surface area contributed by atoms with E-state index in [-0.39, 0.29) is 34.1 Å². The van der Waals surface area contributed by atoms with E-state index in [1.54, 1.807) is 42.5 Å². The van der Waals surface area contributed by atoms with E-state index in [0.29, 0.717) is 23.2 Å². The molecule has 4 rings (SSSR count). The standard InChI is InChI=1S/C28H30Cl2N2O4S/c1-4-28(5-2)17-23(21-9-6-7-12-25(21)36-28)31-27(33)20-15-13-19(14-16-20)18-32(37(3,34)35)24-11-8-10-22(29)26(24)30/h6-16,23H,4-5,17-18H2,1-3H3,(H,31,33)/t23-/m1/s1. The number of benzene rings is 3. The van der Waals surface area contributed by atoms with Gasteiger partial charge in [-0.25, -0.2) is 8.42 Å². The molecule has 0 unspecified atom stereocenters. The first-order valence-corrected chi connectivity index (χ1v) is 14.8. The molecular weight excluding hydrogens is 531 g/mol. The Hall–Kier alpha value is -2.74. The van der Waals surface area contributed by atoms with E-state index in [2.05, 4.69) is 19.2 Å². The Balaban J connectivity index is 1.54. The van der Waals surface area contributed by atoms with Crippen molar-refractivity contribution in [3.8, 4) is 5.75 Å². The number of fused-ring (bicyclic) bond motifs is 1. The van der Waals surface area contributed by atoms with Crippen LogP contribution >= 0.6 is 23.2 Å². The smallest absolute Gasteiger partial charge is 0.251 e. The van der Waals surface area contributed by atoms with Gasteiger partial charge >= 0.3 is 0 Å². The fourth-order valence-electron chi connectivity index (χ4n) is 4.67. The summed E-state index contributed by atoms with van der Waals surface area (Å²) in [4.78, 5) is 13.2. The Morgan fingerprint density at radius 2 is 1.70 bits per heavy atom. The third-order valence-electron chi connectivity index (χ3n) is 6.93. The van der Waals surface area contributed by atoms with Gasteiger partial charge in [-0.2, -0.15) is 0 Å². The van der Waals surface area contributed by atoms with Crippen LogP contribution in [0, 0.1) is 0 Å². The van der Waals surface area contributed by atoms with Crippen molar-refractivity contribution in [2.24, 2.45) is 0 Å². The van der Waals surface area contributed by atoms with Gasteiger partial charge in [0.1, 0.15) is 11.4 Å². The van der Waals surface area contributed by atoms with E-state index < -0.39 is 10.0 Å². The number of para-hydroxylation sites is 1. The van der Waals surface area contributed by atoms with Gasteiger partial charge in [0.25, 0.3) is 5.91 Å². The molecule has 1 aliphatic heterocycles. The van der Waals surface area contributed by atoms with Gasteiger partial charge in [0.15, 0.2) is 0 Å². The van der Waals surface area contributed by atoms with Gasteiger partial charge in [0.05, 0.1) is 34.6 Å². The number of carbonyl (C=O) groups is 1. The molecule has 0 saturated carbocycles. The van der Waals surface area contributed by atoms with Crippen molar-refractivity contribution in [1.82, 2.24) is 5.32 Å². The topological polar surface area (TPSA) is 75.7 Å². The van der Waals surface area contributed by atoms with E-state index in [4.69, 9.17) is 27.9 Å². The largest absolute Gasteiger partial charge is 0.487 e. The minimum absolute atomic E-state index is 0.0453. The number of hydrogen-bond donors (Lipinski definition) is 1. The molecule has 0 radical (unpaired) electrons. The Kier molecular flexibility index (Phi) is 8.07. The molecule has 1 heterocycles. The van der Waals surface area contributed by atoms with Crippen molar-refractivity contribution < 1.29 is 17.9 Å². The predicted octanol–water partition coefficient (Wildman–Crippen LogP) is 6.77. The van der Waals surface area contributed by atoms with Crippen molar-refractivity contribution in [3.05, 3.63) is 93.5 Å². The normalized spacial score (nSPS) is 16.4. The molecule has 0 spiro atoms. The maximum Gasteiger partial charge on any atom is 0.251 e. The summed E-state index contributed by atoms with van der Waals surface area (Å²) in [5, 5.41) is 3.61. The number of ether oxygens (including phenoxy) is 1. The maximum atomic E-state index is 13.2. The summed E-state index contributed by atoms with van der Waals surface area (Å²) in [5.41, 5.74) is 2.12. The summed E-state index contributed by atoms with van der Waals surface area (Å²) in [6.45, 7) is 4.25. The maximum absolute atomic E-state index is 13.2. The van der Waals surface area contributed by atoms with Crippen molar-refractivity contribution in [3.63, 3.8) is 0 Å². The molecule has 0 saturated heterocycles.